The van der Waals surface area contributed by atoms with E-state index in [9.17, 15) is 0 Å². The molecule has 1 aromatic heterocycles. The zero-order valence-electron chi connectivity index (χ0n) is 9.97. The minimum atomic E-state index is 0.681. The Labute approximate surface area is 101 Å². The van der Waals surface area contributed by atoms with Gasteiger partial charge in [0.25, 0.3) is 0 Å². The molecule has 1 N–H and O–H groups in total. The smallest absolute Gasteiger partial charge is 0.187 e. The molecule has 0 fully saturated rings. The number of nitrogens with zero attached hydrogens (tertiary/aromatic N) is 2. The van der Waals surface area contributed by atoms with Gasteiger partial charge < -0.3 is 10.1 Å². The number of aromatic nitrogens is 2. The van der Waals surface area contributed by atoms with E-state index in [1.165, 1.54) is 0 Å². The topological polar surface area (TPSA) is 47.0 Å². The lowest BCUT2D eigenvalue weighted by atomic mass is 10.1. The van der Waals surface area contributed by atoms with Crippen LogP contribution in [0.1, 0.15) is 6.92 Å². The number of hydrogen-bond donors (Lipinski definition) is 1. The average molecular weight is 229 g/mol. The van der Waals surface area contributed by atoms with Crippen LogP contribution in [0.5, 0.6) is 5.75 Å². The van der Waals surface area contributed by atoms with Crippen molar-refractivity contribution in [2.24, 2.45) is 0 Å². The van der Waals surface area contributed by atoms with Crippen molar-refractivity contribution in [2.75, 3.05) is 19.0 Å². The van der Waals surface area contributed by atoms with Crippen molar-refractivity contribution in [3.05, 3.63) is 36.7 Å². The Morgan fingerprint density at radius 3 is 2.59 bits per heavy atom. The summed E-state index contributed by atoms with van der Waals surface area (Å²) in [4.78, 5) is 8.46. The van der Waals surface area contributed by atoms with Gasteiger partial charge in [0, 0.05) is 12.1 Å². The Hall–Kier alpha value is -2.10. The molecule has 17 heavy (non-hydrogen) atoms. The van der Waals surface area contributed by atoms with Crippen molar-refractivity contribution in [1.29, 1.82) is 0 Å². The summed E-state index contributed by atoms with van der Waals surface area (Å²) in [7, 11) is 1.63. The third kappa shape index (κ3) is 2.36. The van der Waals surface area contributed by atoms with E-state index in [1.54, 1.807) is 13.4 Å². The molecule has 0 bridgehead atoms. The fraction of sp³-hybridized carbons (Fsp3) is 0.231. The second-order valence-corrected chi connectivity index (χ2v) is 3.50. The van der Waals surface area contributed by atoms with Crippen LogP contribution < -0.4 is 10.1 Å². The van der Waals surface area contributed by atoms with E-state index >= 15 is 0 Å². The van der Waals surface area contributed by atoms with Gasteiger partial charge in [-0.1, -0.05) is 30.3 Å². The fourth-order valence-electron chi connectivity index (χ4n) is 1.66. The summed E-state index contributed by atoms with van der Waals surface area (Å²) >= 11 is 0. The van der Waals surface area contributed by atoms with Crippen LogP contribution in [-0.2, 0) is 0 Å². The molecular weight excluding hydrogens is 214 g/mol. The average Bonchev–Trinajstić information content (AvgIpc) is 2.40. The summed E-state index contributed by atoms with van der Waals surface area (Å²) in [5.41, 5.74) is 1.82. The second kappa shape index (κ2) is 5.30. The van der Waals surface area contributed by atoms with Crippen molar-refractivity contribution < 1.29 is 4.74 Å². The quantitative estimate of drug-likeness (QED) is 0.875. The Morgan fingerprint density at radius 1 is 1.18 bits per heavy atom. The molecule has 0 aliphatic heterocycles. The standard InChI is InChI=1S/C13H15N3O/c1-3-14-13-12(17-2)11(15-9-16-13)10-7-5-4-6-8-10/h4-9H,3H2,1-2H3,(H,14,15,16). The summed E-state index contributed by atoms with van der Waals surface area (Å²) < 4.78 is 5.40. The molecule has 0 spiro atoms. The van der Waals surface area contributed by atoms with Gasteiger partial charge in [0.1, 0.15) is 12.0 Å². The van der Waals surface area contributed by atoms with Gasteiger partial charge in [0.2, 0.25) is 0 Å². The van der Waals surface area contributed by atoms with Crippen LogP contribution in [0.2, 0.25) is 0 Å². The lowest BCUT2D eigenvalue weighted by Crippen LogP contribution is -2.04. The molecule has 4 nitrogen and oxygen atoms in total. The second-order valence-electron chi connectivity index (χ2n) is 3.50. The summed E-state index contributed by atoms with van der Waals surface area (Å²) in [6.45, 7) is 2.81. The molecule has 0 radical (unpaired) electrons. The van der Waals surface area contributed by atoms with E-state index in [4.69, 9.17) is 4.74 Å². The molecule has 1 heterocycles. The van der Waals surface area contributed by atoms with Crippen LogP contribution in [-0.4, -0.2) is 23.6 Å². The highest BCUT2D eigenvalue weighted by molar-refractivity contribution is 5.72. The molecule has 0 aliphatic rings. The highest BCUT2D eigenvalue weighted by Gasteiger charge is 2.12. The predicted octanol–water partition coefficient (Wildman–Crippen LogP) is 2.58. The molecule has 0 amide bonds. The van der Waals surface area contributed by atoms with Crippen LogP contribution in [0.4, 0.5) is 5.82 Å². The lowest BCUT2D eigenvalue weighted by molar-refractivity contribution is 0.414. The third-order valence-electron chi connectivity index (χ3n) is 2.40. The summed E-state index contributed by atoms with van der Waals surface area (Å²) in [6.07, 6.45) is 1.54. The molecule has 1 aromatic carbocycles. The number of benzene rings is 1. The van der Waals surface area contributed by atoms with Crippen molar-refractivity contribution in [1.82, 2.24) is 9.97 Å². The Kier molecular flexibility index (Phi) is 3.55. The maximum atomic E-state index is 5.40. The molecule has 0 atom stereocenters. The maximum Gasteiger partial charge on any atom is 0.187 e. The lowest BCUT2D eigenvalue weighted by Gasteiger charge is -2.12. The van der Waals surface area contributed by atoms with Crippen LogP contribution in [0.3, 0.4) is 0 Å². The van der Waals surface area contributed by atoms with Crippen molar-refractivity contribution >= 4 is 5.82 Å². The Bertz CT molecular complexity index is 485. The first-order chi connectivity index (χ1) is 8.36. The summed E-state index contributed by atoms with van der Waals surface area (Å²) in [6, 6.07) is 9.93. The molecule has 4 heteroatoms. The zero-order valence-corrected chi connectivity index (χ0v) is 9.97. The van der Waals surface area contributed by atoms with Crippen LogP contribution in [0.25, 0.3) is 11.3 Å². The van der Waals surface area contributed by atoms with Crippen LogP contribution in [0.15, 0.2) is 36.7 Å². The third-order valence-corrected chi connectivity index (χ3v) is 2.40. The number of nitrogens with one attached hydrogen (secondary N) is 1. The monoisotopic (exact) mass is 229 g/mol. The Balaban J connectivity index is 2.50. The first kappa shape index (κ1) is 11.4. The number of ether oxygens (including phenoxy) is 1. The van der Waals surface area contributed by atoms with Crippen LogP contribution in [0, 0.1) is 0 Å². The molecule has 0 saturated carbocycles. The highest BCUT2D eigenvalue weighted by Crippen LogP contribution is 2.32. The van der Waals surface area contributed by atoms with Crippen molar-refractivity contribution in [3.63, 3.8) is 0 Å². The first-order valence-corrected chi connectivity index (χ1v) is 5.55. The van der Waals surface area contributed by atoms with Crippen molar-refractivity contribution in [2.45, 2.75) is 6.92 Å². The molecule has 0 unspecified atom stereocenters. The highest BCUT2D eigenvalue weighted by atomic mass is 16.5. The fourth-order valence-corrected chi connectivity index (χ4v) is 1.66. The van der Waals surface area contributed by atoms with E-state index in [-0.39, 0.29) is 0 Å². The number of anilines is 1. The molecule has 2 aromatic rings. The summed E-state index contributed by atoms with van der Waals surface area (Å²) in [5, 5.41) is 3.16. The molecule has 88 valence electrons. The number of hydrogen-bond acceptors (Lipinski definition) is 4. The van der Waals surface area contributed by atoms with Gasteiger partial charge >= 0.3 is 0 Å². The minimum absolute atomic E-state index is 0.681. The maximum absolute atomic E-state index is 5.40. The molecular formula is C13H15N3O. The number of methoxy groups -OCH3 is 1. The normalized spacial score (nSPS) is 10.0. The van der Waals surface area contributed by atoms with Gasteiger partial charge in [-0.05, 0) is 6.92 Å². The van der Waals surface area contributed by atoms with Gasteiger partial charge in [-0.3, -0.25) is 0 Å². The van der Waals surface area contributed by atoms with Crippen LogP contribution >= 0.6 is 0 Å². The van der Waals surface area contributed by atoms with E-state index < -0.39 is 0 Å². The SMILES string of the molecule is CCNc1ncnc(-c2ccccc2)c1OC. The van der Waals surface area contributed by atoms with E-state index in [1.807, 2.05) is 37.3 Å². The van der Waals surface area contributed by atoms with E-state index in [2.05, 4.69) is 15.3 Å². The number of rotatable bonds is 4. The van der Waals surface area contributed by atoms with Gasteiger partial charge in [0.05, 0.1) is 7.11 Å². The van der Waals surface area contributed by atoms with Crippen molar-refractivity contribution in [3.8, 4) is 17.0 Å². The predicted molar refractivity (Wildman–Crippen MR) is 68.2 cm³/mol. The zero-order chi connectivity index (χ0) is 12.1. The van der Waals surface area contributed by atoms with E-state index in [0.717, 1.165) is 23.6 Å². The molecule has 0 saturated heterocycles. The Morgan fingerprint density at radius 2 is 1.94 bits per heavy atom. The first-order valence-electron chi connectivity index (χ1n) is 5.55. The molecule has 0 aliphatic carbocycles. The van der Waals surface area contributed by atoms with Gasteiger partial charge in [-0.25, -0.2) is 9.97 Å². The largest absolute Gasteiger partial charge is 0.491 e. The molecule has 2 rings (SSSR count). The summed E-state index contributed by atoms with van der Waals surface area (Å²) in [5.74, 6) is 1.41. The van der Waals surface area contributed by atoms with E-state index in [0.29, 0.717) is 5.75 Å². The van der Waals surface area contributed by atoms with Gasteiger partial charge in [-0.15, -0.1) is 0 Å². The van der Waals surface area contributed by atoms with Gasteiger partial charge in [0.15, 0.2) is 11.6 Å². The van der Waals surface area contributed by atoms with Gasteiger partial charge in [-0.2, -0.15) is 0 Å². The minimum Gasteiger partial charge on any atom is -0.491 e.